The zero-order chi connectivity index (χ0) is 24.9. The van der Waals surface area contributed by atoms with E-state index in [2.05, 4.69) is 43.1 Å². The molecule has 0 amide bonds. The van der Waals surface area contributed by atoms with E-state index in [1.807, 2.05) is 4.57 Å². The predicted octanol–water partition coefficient (Wildman–Crippen LogP) is 3.80. The molecule has 0 bridgehead atoms. The van der Waals surface area contributed by atoms with Crippen LogP contribution in [0.4, 0.5) is 0 Å². The normalized spacial score (nSPS) is 15.5. The van der Waals surface area contributed by atoms with Gasteiger partial charge in [-0.25, -0.2) is 4.79 Å². The second-order valence-electron chi connectivity index (χ2n) is 9.89. The third-order valence-electron chi connectivity index (χ3n) is 7.41. The van der Waals surface area contributed by atoms with E-state index in [1.165, 1.54) is 34.0 Å². The van der Waals surface area contributed by atoms with Gasteiger partial charge in [-0.3, -0.25) is 18.5 Å². The number of hydrogen-bond acceptors (Lipinski definition) is 5. The number of aromatic nitrogens is 4. The highest BCUT2D eigenvalue weighted by Crippen LogP contribution is 2.26. The Hall–Kier alpha value is -2.87. The second-order valence-corrected chi connectivity index (χ2v) is 9.89. The summed E-state index contributed by atoms with van der Waals surface area (Å²) in [4.78, 5) is 31.0. The summed E-state index contributed by atoms with van der Waals surface area (Å²) in [5.74, 6) is 0.970. The molecule has 1 saturated carbocycles. The summed E-state index contributed by atoms with van der Waals surface area (Å²) in [6.45, 7) is 5.44. The predicted molar refractivity (Wildman–Crippen MR) is 137 cm³/mol. The van der Waals surface area contributed by atoms with Crippen LogP contribution in [-0.2, 0) is 20.1 Å². The molecule has 1 aromatic carbocycles. The number of rotatable bonds is 10. The minimum absolute atomic E-state index is 0.0921. The number of hydrogen-bond donors (Lipinski definition) is 1. The van der Waals surface area contributed by atoms with Crippen LogP contribution in [0.2, 0.25) is 0 Å². The van der Waals surface area contributed by atoms with E-state index in [9.17, 15) is 14.7 Å². The number of ether oxygens (including phenoxy) is 1. The summed E-state index contributed by atoms with van der Waals surface area (Å²) < 4.78 is 10.6. The molecule has 1 fully saturated rings. The largest absolute Gasteiger partial charge is 0.464 e. The smallest absolute Gasteiger partial charge is 0.332 e. The Bertz CT molecular complexity index is 1250. The Balaban J connectivity index is 1.76. The Morgan fingerprint density at radius 3 is 2.49 bits per heavy atom. The minimum Gasteiger partial charge on any atom is -0.464 e. The maximum Gasteiger partial charge on any atom is 0.332 e. The van der Waals surface area contributed by atoms with Gasteiger partial charge >= 0.3 is 5.69 Å². The van der Waals surface area contributed by atoms with Gasteiger partial charge in [0.05, 0.1) is 13.2 Å². The Morgan fingerprint density at radius 1 is 1.11 bits per heavy atom. The van der Waals surface area contributed by atoms with Crippen molar-refractivity contribution in [3.05, 3.63) is 56.2 Å². The number of imidazole rings is 1. The molecule has 1 aliphatic carbocycles. The molecule has 0 radical (unpaired) electrons. The van der Waals surface area contributed by atoms with Gasteiger partial charge in [0, 0.05) is 20.2 Å². The molecule has 2 aromatic heterocycles. The van der Waals surface area contributed by atoms with Crippen molar-refractivity contribution in [1.82, 2.24) is 18.7 Å². The van der Waals surface area contributed by atoms with E-state index in [0.717, 1.165) is 24.8 Å². The topological polar surface area (TPSA) is 91.3 Å². The van der Waals surface area contributed by atoms with E-state index in [1.54, 1.807) is 7.05 Å². The van der Waals surface area contributed by atoms with Crippen molar-refractivity contribution in [2.24, 2.45) is 13.0 Å². The Kier molecular flexibility index (Phi) is 8.11. The van der Waals surface area contributed by atoms with E-state index < -0.39 is 11.2 Å². The summed E-state index contributed by atoms with van der Waals surface area (Å²) >= 11 is 0. The molecular weight excluding hydrogens is 444 g/mol. The highest BCUT2D eigenvalue weighted by Gasteiger charge is 2.23. The SMILES string of the molecule is CCC(C)c1ccc(Cn2c(OCC3CCCCC3)nc3c2c(=O)n(CCCO)c(=O)n3C)cc1. The van der Waals surface area contributed by atoms with Crippen LogP contribution in [-0.4, -0.2) is 37.0 Å². The Labute approximate surface area is 206 Å². The number of nitrogens with zero attached hydrogens (tertiary/aromatic N) is 4. The second kappa shape index (κ2) is 11.2. The lowest BCUT2D eigenvalue weighted by atomic mass is 9.90. The van der Waals surface area contributed by atoms with E-state index in [-0.39, 0.29) is 13.2 Å². The van der Waals surface area contributed by atoms with Crippen LogP contribution in [0.25, 0.3) is 11.2 Å². The average molecular weight is 483 g/mol. The van der Waals surface area contributed by atoms with Crippen LogP contribution in [0.15, 0.2) is 33.9 Å². The molecule has 1 aliphatic rings. The minimum atomic E-state index is -0.433. The number of benzene rings is 1. The fraction of sp³-hybridized carbons (Fsp3) is 0.593. The lowest BCUT2D eigenvalue weighted by molar-refractivity contribution is 0.191. The molecule has 4 rings (SSSR count). The summed E-state index contributed by atoms with van der Waals surface area (Å²) in [5, 5.41) is 9.26. The molecule has 0 aliphatic heterocycles. The van der Waals surface area contributed by atoms with E-state index in [4.69, 9.17) is 4.74 Å². The van der Waals surface area contributed by atoms with Crippen molar-refractivity contribution in [3.63, 3.8) is 0 Å². The highest BCUT2D eigenvalue weighted by molar-refractivity contribution is 5.72. The zero-order valence-electron chi connectivity index (χ0n) is 21.2. The first-order valence-corrected chi connectivity index (χ1v) is 13.0. The first-order chi connectivity index (χ1) is 16.9. The third-order valence-corrected chi connectivity index (χ3v) is 7.41. The van der Waals surface area contributed by atoms with Gasteiger partial charge in [-0.2, -0.15) is 4.98 Å². The molecule has 35 heavy (non-hydrogen) atoms. The zero-order valence-corrected chi connectivity index (χ0v) is 21.2. The van der Waals surface area contributed by atoms with Gasteiger partial charge in [-0.05, 0) is 48.6 Å². The summed E-state index contributed by atoms with van der Waals surface area (Å²) in [5.41, 5.74) is 2.18. The lowest BCUT2D eigenvalue weighted by Gasteiger charge is -2.21. The molecule has 2 heterocycles. The van der Waals surface area contributed by atoms with Crippen molar-refractivity contribution in [2.75, 3.05) is 13.2 Å². The van der Waals surface area contributed by atoms with Crippen molar-refractivity contribution in [1.29, 1.82) is 0 Å². The standard InChI is InChI=1S/C27H38N4O4/c1-4-19(2)22-13-11-20(12-14-22)17-31-23-24(28-26(31)35-18-21-9-6-5-7-10-21)29(3)27(34)30(25(23)33)15-8-16-32/h11-14,19,21,32H,4-10,15-18H2,1-3H3. The van der Waals surface area contributed by atoms with Gasteiger partial charge < -0.3 is 9.84 Å². The third kappa shape index (κ3) is 5.37. The van der Waals surface area contributed by atoms with Crippen LogP contribution >= 0.6 is 0 Å². The quantitative estimate of drug-likeness (QED) is 0.475. The van der Waals surface area contributed by atoms with E-state index in [0.29, 0.717) is 48.6 Å². The van der Waals surface area contributed by atoms with Gasteiger partial charge in [0.2, 0.25) is 0 Å². The maximum atomic E-state index is 13.5. The number of aryl methyl sites for hydroxylation is 1. The molecule has 8 heteroatoms. The van der Waals surface area contributed by atoms with Crippen LogP contribution in [0.1, 0.15) is 75.8 Å². The van der Waals surface area contributed by atoms with Crippen LogP contribution in [0, 0.1) is 5.92 Å². The highest BCUT2D eigenvalue weighted by atomic mass is 16.5. The van der Waals surface area contributed by atoms with Crippen molar-refractivity contribution >= 4 is 11.2 Å². The van der Waals surface area contributed by atoms with Gasteiger partial charge in [0.15, 0.2) is 11.2 Å². The van der Waals surface area contributed by atoms with Gasteiger partial charge in [-0.1, -0.05) is 57.4 Å². The summed E-state index contributed by atoms with van der Waals surface area (Å²) in [6.07, 6.45) is 7.40. The molecule has 1 atom stereocenters. The summed E-state index contributed by atoms with van der Waals surface area (Å²) in [6, 6.07) is 8.83. The van der Waals surface area contributed by atoms with Gasteiger partial charge in [-0.15, -0.1) is 0 Å². The number of aliphatic hydroxyl groups is 1. The number of fused-ring (bicyclic) bond motifs is 1. The van der Waals surface area contributed by atoms with Crippen LogP contribution in [0.5, 0.6) is 6.01 Å². The lowest BCUT2D eigenvalue weighted by Crippen LogP contribution is -2.39. The molecule has 1 unspecified atom stereocenters. The first-order valence-electron chi connectivity index (χ1n) is 13.0. The monoisotopic (exact) mass is 482 g/mol. The Morgan fingerprint density at radius 2 is 1.83 bits per heavy atom. The summed E-state index contributed by atoms with van der Waals surface area (Å²) in [7, 11) is 1.63. The fourth-order valence-corrected chi connectivity index (χ4v) is 4.95. The van der Waals surface area contributed by atoms with E-state index >= 15 is 0 Å². The maximum absolute atomic E-state index is 13.5. The molecular formula is C27H38N4O4. The van der Waals surface area contributed by atoms with Crippen LogP contribution in [0.3, 0.4) is 0 Å². The first kappa shape index (κ1) is 25.2. The van der Waals surface area contributed by atoms with Crippen molar-refractivity contribution < 1.29 is 9.84 Å². The molecule has 0 saturated heterocycles. The average Bonchev–Trinajstić information content (AvgIpc) is 3.25. The molecule has 8 nitrogen and oxygen atoms in total. The van der Waals surface area contributed by atoms with Crippen LogP contribution < -0.4 is 16.0 Å². The fourth-order valence-electron chi connectivity index (χ4n) is 4.95. The molecule has 0 spiro atoms. The molecule has 3 aromatic rings. The molecule has 190 valence electrons. The number of aliphatic hydroxyl groups excluding tert-OH is 1. The van der Waals surface area contributed by atoms with Gasteiger partial charge in [0.1, 0.15) is 0 Å². The van der Waals surface area contributed by atoms with Crippen molar-refractivity contribution in [3.8, 4) is 6.01 Å². The van der Waals surface area contributed by atoms with Gasteiger partial charge in [0.25, 0.3) is 11.6 Å². The molecule has 1 N–H and O–H groups in total. The van der Waals surface area contributed by atoms with Crippen molar-refractivity contribution in [2.45, 2.75) is 77.8 Å².